The van der Waals surface area contributed by atoms with E-state index in [9.17, 15) is 14.4 Å². The summed E-state index contributed by atoms with van der Waals surface area (Å²) in [5, 5.41) is 2.52. The van der Waals surface area contributed by atoms with Crippen molar-refractivity contribution >= 4 is 23.5 Å². The Morgan fingerprint density at radius 3 is 2.35 bits per heavy atom. The molecule has 3 N–H and O–H groups in total. The second-order valence-electron chi connectivity index (χ2n) is 5.15. The SMILES string of the molecule is CC[C@H](C)[C@H](NC(=O)COC(=O)c1ccc(N)cc1)C(=O)OC. The van der Waals surface area contributed by atoms with Crippen LogP contribution in [0.1, 0.15) is 30.6 Å². The molecular formula is C16H22N2O5. The number of nitrogen functional groups attached to an aromatic ring is 1. The molecule has 0 bridgehead atoms. The highest BCUT2D eigenvalue weighted by Gasteiger charge is 2.26. The summed E-state index contributed by atoms with van der Waals surface area (Å²) in [5.41, 5.74) is 6.34. The first-order valence-corrected chi connectivity index (χ1v) is 7.28. The van der Waals surface area contributed by atoms with Gasteiger partial charge < -0.3 is 20.5 Å². The topological polar surface area (TPSA) is 108 Å². The van der Waals surface area contributed by atoms with Gasteiger partial charge in [-0.3, -0.25) is 4.79 Å². The molecule has 0 aliphatic carbocycles. The maximum absolute atomic E-state index is 11.9. The van der Waals surface area contributed by atoms with Gasteiger partial charge in [0.15, 0.2) is 6.61 Å². The van der Waals surface area contributed by atoms with Gasteiger partial charge in [0.2, 0.25) is 0 Å². The van der Waals surface area contributed by atoms with E-state index in [0.29, 0.717) is 17.7 Å². The highest BCUT2D eigenvalue weighted by Crippen LogP contribution is 2.10. The van der Waals surface area contributed by atoms with E-state index < -0.39 is 30.5 Å². The Labute approximate surface area is 135 Å². The van der Waals surface area contributed by atoms with Gasteiger partial charge in [-0.1, -0.05) is 20.3 Å². The van der Waals surface area contributed by atoms with E-state index in [1.54, 1.807) is 12.1 Å². The van der Waals surface area contributed by atoms with Gasteiger partial charge in [-0.2, -0.15) is 0 Å². The number of ether oxygens (including phenoxy) is 2. The third kappa shape index (κ3) is 5.61. The van der Waals surface area contributed by atoms with Gasteiger partial charge >= 0.3 is 11.9 Å². The maximum Gasteiger partial charge on any atom is 0.338 e. The van der Waals surface area contributed by atoms with Gasteiger partial charge in [-0.15, -0.1) is 0 Å². The average Bonchev–Trinajstić information content (AvgIpc) is 2.56. The van der Waals surface area contributed by atoms with Crippen LogP contribution in [0.15, 0.2) is 24.3 Å². The molecule has 0 aliphatic rings. The van der Waals surface area contributed by atoms with E-state index in [1.807, 2.05) is 13.8 Å². The van der Waals surface area contributed by atoms with Crippen molar-refractivity contribution in [3.63, 3.8) is 0 Å². The number of carbonyl (C=O) groups excluding carboxylic acids is 3. The number of benzene rings is 1. The van der Waals surface area contributed by atoms with Crippen molar-refractivity contribution in [2.75, 3.05) is 19.5 Å². The number of nitrogens with one attached hydrogen (secondary N) is 1. The zero-order valence-electron chi connectivity index (χ0n) is 13.5. The molecule has 0 radical (unpaired) electrons. The second-order valence-corrected chi connectivity index (χ2v) is 5.15. The molecule has 0 saturated heterocycles. The van der Waals surface area contributed by atoms with Gasteiger partial charge in [0.25, 0.3) is 5.91 Å². The van der Waals surface area contributed by atoms with Gasteiger partial charge in [0, 0.05) is 5.69 Å². The number of hydrogen-bond acceptors (Lipinski definition) is 6. The Morgan fingerprint density at radius 1 is 1.22 bits per heavy atom. The second kappa shape index (κ2) is 8.77. The van der Waals surface area contributed by atoms with E-state index in [1.165, 1.54) is 19.2 Å². The molecule has 1 aromatic rings. The van der Waals surface area contributed by atoms with Crippen molar-refractivity contribution in [3.05, 3.63) is 29.8 Å². The summed E-state index contributed by atoms with van der Waals surface area (Å²) in [5.74, 6) is -1.83. The Kier molecular flexibility index (Phi) is 7.05. The molecule has 0 spiro atoms. The Bertz CT molecular complexity index is 556. The lowest BCUT2D eigenvalue weighted by atomic mass is 9.99. The predicted octanol–water partition coefficient (Wildman–Crippen LogP) is 1.13. The number of carbonyl (C=O) groups is 3. The summed E-state index contributed by atoms with van der Waals surface area (Å²) in [6.45, 7) is 3.24. The Balaban J connectivity index is 2.56. The maximum atomic E-state index is 11.9. The molecule has 23 heavy (non-hydrogen) atoms. The molecule has 0 aliphatic heterocycles. The monoisotopic (exact) mass is 322 g/mol. The summed E-state index contributed by atoms with van der Waals surface area (Å²) in [4.78, 5) is 35.3. The van der Waals surface area contributed by atoms with Gasteiger partial charge in [-0.25, -0.2) is 9.59 Å². The van der Waals surface area contributed by atoms with Crippen molar-refractivity contribution in [1.82, 2.24) is 5.32 Å². The minimum atomic E-state index is -0.771. The van der Waals surface area contributed by atoms with Crippen LogP contribution < -0.4 is 11.1 Å². The fourth-order valence-electron chi connectivity index (χ4n) is 1.84. The summed E-state index contributed by atoms with van der Waals surface area (Å²) in [6.07, 6.45) is 0.686. The van der Waals surface area contributed by atoms with E-state index in [0.717, 1.165) is 0 Å². The average molecular weight is 322 g/mol. The van der Waals surface area contributed by atoms with Crippen LogP contribution in [0.25, 0.3) is 0 Å². The number of rotatable bonds is 7. The molecule has 1 rings (SSSR count). The first-order valence-electron chi connectivity index (χ1n) is 7.28. The van der Waals surface area contributed by atoms with Gasteiger partial charge in [0.05, 0.1) is 12.7 Å². The Morgan fingerprint density at radius 2 is 1.83 bits per heavy atom. The lowest BCUT2D eigenvalue weighted by Gasteiger charge is -2.21. The first-order chi connectivity index (χ1) is 10.9. The molecule has 0 aromatic heterocycles. The van der Waals surface area contributed by atoms with Gasteiger partial charge in [0.1, 0.15) is 6.04 Å². The highest BCUT2D eigenvalue weighted by molar-refractivity contribution is 5.92. The number of methoxy groups -OCH3 is 1. The lowest BCUT2D eigenvalue weighted by Crippen LogP contribution is -2.47. The highest BCUT2D eigenvalue weighted by atomic mass is 16.5. The van der Waals surface area contributed by atoms with Crippen LogP contribution in [0.5, 0.6) is 0 Å². The fourth-order valence-corrected chi connectivity index (χ4v) is 1.84. The van der Waals surface area contributed by atoms with Crippen LogP contribution in [0.3, 0.4) is 0 Å². The van der Waals surface area contributed by atoms with Crippen molar-refractivity contribution in [1.29, 1.82) is 0 Å². The molecule has 1 amide bonds. The van der Waals surface area contributed by atoms with Crippen molar-refractivity contribution in [3.8, 4) is 0 Å². The third-order valence-corrected chi connectivity index (χ3v) is 3.47. The first kappa shape index (κ1) is 18.5. The Hall–Kier alpha value is -2.57. The summed E-state index contributed by atoms with van der Waals surface area (Å²) >= 11 is 0. The molecule has 0 heterocycles. The van der Waals surface area contributed by atoms with Crippen molar-refractivity contribution in [2.24, 2.45) is 5.92 Å². The zero-order chi connectivity index (χ0) is 17.4. The quantitative estimate of drug-likeness (QED) is 0.575. The molecule has 1 aromatic carbocycles. The van der Waals surface area contributed by atoms with E-state index >= 15 is 0 Å². The molecule has 0 unspecified atom stereocenters. The van der Waals surface area contributed by atoms with Crippen molar-refractivity contribution in [2.45, 2.75) is 26.3 Å². The molecule has 0 fully saturated rings. The van der Waals surface area contributed by atoms with Crippen LogP contribution in [-0.2, 0) is 19.1 Å². The van der Waals surface area contributed by atoms with E-state index in [4.69, 9.17) is 10.5 Å². The number of nitrogens with two attached hydrogens (primary N) is 1. The minimum Gasteiger partial charge on any atom is -0.467 e. The fraction of sp³-hybridized carbons (Fsp3) is 0.438. The van der Waals surface area contributed by atoms with E-state index in [-0.39, 0.29) is 5.92 Å². The lowest BCUT2D eigenvalue weighted by molar-refractivity contribution is -0.147. The van der Waals surface area contributed by atoms with Gasteiger partial charge in [-0.05, 0) is 30.2 Å². The molecule has 126 valence electrons. The van der Waals surface area contributed by atoms with Crippen LogP contribution in [-0.4, -0.2) is 37.6 Å². The number of anilines is 1. The van der Waals surface area contributed by atoms with Crippen LogP contribution in [0, 0.1) is 5.92 Å². The third-order valence-electron chi connectivity index (χ3n) is 3.47. The number of hydrogen-bond donors (Lipinski definition) is 2. The molecule has 2 atom stereocenters. The zero-order valence-corrected chi connectivity index (χ0v) is 13.5. The number of amides is 1. The normalized spacial score (nSPS) is 12.8. The van der Waals surface area contributed by atoms with Crippen LogP contribution >= 0.6 is 0 Å². The summed E-state index contributed by atoms with van der Waals surface area (Å²) in [6, 6.07) is 5.37. The van der Waals surface area contributed by atoms with Crippen LogP contribution in [0.4, 0.5) is 5.69 Å². The van der Waals surface area contributed by atoms with E-state index in [2.05, 4.69) is 10.1 Å². The van der Waals surface area contributed by atoms with Crippen LogP contribution in [0.2, 0.25) is 0 Å². The van der Waals surface area contributed by atoms with Crippen molar-refractivity contribution < 1.29 is 23.9 Å². The molecule has 0 saturated carbocycles. The minimum absolute atomic E-state index is 0.0980. The summed E-state index contributed by atoms with van der Waals surface area (Å²) < 4.78 is 9.58. The molecule has 7 heteroatoms. The smallest absolute Gasteiger partial charge is 0.338 e. The largest absolute Gasteiger partial charge is 0.467 e. The predicted molar refractivity (Wildman–Crippen MR) is 84.5 cm³/mol. The molecular weight excluding hydrogens is 300 g/mol. The summed E-state index contributed by atoms with van der Waals surface area (Å²) in [7, 11) is 1.25. The molecule has 7 nitrogen and oxygen atoms in total. The standard InChI is InChI=1S/C16H22N2O5/c1-4-10(2)14(16(21)22-3)18-13(19)9-23-15(20)11-5-7-12(17)8-6-11/h5-8,10,14H,4,9,17H2,1-3H3,(H,18,19)/t10-,14-/m0/s1. The number of esters is 2.